The molecule has 5 rings (SSSR count). The van der Waals surface area contributed by atoms with Crippen LogP contribution in [0.1, 0.15) is 30.4 Å². The van der Waals surface area contributed by atoms with Crippen LogP contribution in [0, 0.1) is 0 Å². The molecule has 0 atom stereocenters. The molecule has 2 N–H and O–H groups in total. The standard InChI is InChI=1S/C24H22N2O4S/c27-24-15-26(31(28,29)25-24)22-13-21-12-19(18-8-4-5-9-18)10-11-20(21)14-23(22)30-16-17-6-2-1-3-7-17/h1-3,6-8,10-15,25,27H,4-5,9,16H2. The quantitative estimate of drug-likeness (QED) is 0.593. The highest BCUT2D eigenvalue weighted by Crippen LogP contribution is 2.38. The number of aliphatic hydroxyl groups excluding tert-OH is 1. The Labute approximate surface area is 181 Å². The van der Waals surface area contributed by atoms with Crippen molar-refractivity contribution in [2.24, 2.45) is 0 Å². The first-order valence-corrected chi connectivity index (χ1v) is 11.6. The molecule has 0 aromatic heterocycles. The number of nitrogens with zero attached hydrogens (tertiary/aromatic N) is 1. The molecule has 6 nitrogen and oxygen atoms in total. The van der Waals surface area contributed by atoms with Gasteiger partial charge in [-0.15, -0.1) is 0 Å². The lowest BCUT2D eigenvalue weighted by atomic mass is 10.00. The number of anilines is 1. The molecule has 0 spiro atoms. The van der Waals surface area contributed by atoms with E-state index in [1.165, 1.54) is 5.57 Å². The summed E-state index contributed by atoms with van der Waals surface area (Å²) in [5, 5.41) is 11.6. The maximum absolute atomic E-state index is 12.5. The van der Waals surface area contributed by atoms with E-state index in [0.717, 1.165) is 51.7 Å². The molecule has 3 aromatic carbocycles. The first-order valence-electron chi connectivity index (χ1n) is 10.2. The number of fused-ring (bicyclic) bond motifs is 1. The van der Waals surface area contributed by atoms with Crippen molar-refractivity contribution in [2.75, 3.05) is 4.31 Å². The molecule has 0 saturated carbocycles. The third kappa shape index (κ3) is 3.84. The van der Waals surface area contributed by atoms with E-state index < -0.39 is 16.1 Å². The lowest BCUT2D eigenvalue weighted by Crippen LogP contribution is -2.29. The number of nitrogens with one attached hydrogen (secondary N) is 1. The van der Waals surface area contributed by atoms with E-state index in [9.17, 15) is 13.5 Å². The van der Waals surface area contributed by atoms with Crippen molar-refractivity contribution >= 4 is 32.2 Å². The van der Waals surface area contributed by atoms with E-state index in [0.29, 0.717) is 18.0 Å². The number of aliphatic hydroxyl groups is 1. The van der Waals surface area contributed by atoms with Gasteiger partial charge in [-0.3, -0.25) is 0 Å². The van der Waals surface area contributed by atoms with Crippen molar-refractivity contribution in [1.29, 1.82) is 0 Å². The van der Waals surface area contributed by atoms with Crippen LogP contribution < -0.4 is 13.8 Å². The monoisotopic (exact) mass is 434 g/mol. The summed E-state index contributed by atoms with van der Waals surface area (Å²) in [5.41, 5.74) is 3.78. The predicted molar refractivity (Wildman–Crippen MR) is 122 cm³/mol. The summed E-state index contributed by atoms with van der Waals surface area (Å²) < 4.78 is 34.3. The lowest BCUT2D eigenvalue weighted by molar-refractivity contribution is 0.308. The highest BCUT2D eigenvalue weighted by Gasteiger charge is 2.31. The van der Waals surface area contributed by atoms with Crippen molar-refractivity contribution in [1.82, 2.24) is 4.72 Å². The number of hydrogen-bond donors (Lipinski definition) is 2. The third-order valence-electron chi connectivity index (χ3n) is 5.54. The van der Waals surface area contributed by atoms with Gasteiger partial charge in [0.25, 0.3) is 0 Å². The Kier molecular flexibility index (Phi) is 4.82. The largest absolute Gasteiger partial charge is 0.493 e. The summed E-state index contributed by atoms with van der Waals surface area (Å²) in [7, 11) is -3.94. The summed E-state index contributed by atoms with van der Waals surface area (Å²) >= 11 is 0. The summed E-state index contributed by atoms with van der Waals surface area (Å²) in [6.45, 7) is 0.293. The Hall–Kier alpha value is -3.45. The summed E-state index contributed by atoms with van der Waals surface area (Å²) in [4.78, 5) is 0. The number of allylic oxidation sites excluding steroid dienone is 2. The molecule has 0 radical (unpaired) electrons. The van der Waals surface area contributed by atoms with Gasteiger partial charge in [0.05, 0.1) is 6.20 Å². The average Bonchev–Trinajstić information content (AvgIpc) is 3.39. The first kappa shape index (κ1) is 19.5. The average molecular weight is 435 g/mol. The van der Waals surface area contributed by atoms with E-state index in [-0.39, 0.29) is 0 Å². The molecule has 0 fully saturated rings. The van der Waals surface area contributed by atoms with Gasteiger partial charge >= 0.3 is 10.2 Å². The fourth-order valence-corrected chi connectivity index (χ4v) is 5.06. The van der Waals surface area contributed by atoms with Gasteiger partial charge in [-0.25, -0.2) is 9.03 Å². The summed E-state index contributed by atoms with van der Waals surface area (Å²) in [6, 6.07) is 19.5. The number of ether oxygens (including phenoxy) is 1. The van der Waals surface area contributed by atoms with Gasteiger partial charge in [-0.1, -0.05) is 48.5 Å². The molecular weight excluding hydrogens is 412 g/mol. The lowest BCUT2D eigenvalue weighted by Gasteiger charge is -2.20. The minimum atomic E-state index is -3.94. The van der Waals surface area contributed by atoms with Gasteiger partial charge < -0.3 is 9.84 Å². The fourth-order valence-electron chi connectivity index (χ4n) is 4.01. The van der Waals surface area contributed by atoms with Crippen molar-refractivity contribution in [3.05, 3.63) is 89.9 Å². The van der Waals surface area contributed by atoms with Gasteiger partial charge in [0, 0.05) is 0 Å². The van der Waals surface area contributed by atoms with Crippen LogP contribution in [0.3, 0.4) is 0 Å². The molecule has 1 heterocycles. The second-order valence-corrected chi connectivity index (χ2v) is 9.24. The van der Waals surface area contributed by atoms with E-state index in [4.69, 9.17) is 4.74 Å². The SMILES string of the molecule is O=S1(=O)NC(O)=CN1c1cc2cc(C3=CCCC3)ccc2cc1OCc1ccccc1. The molecule has 31 heavy (non-hydrogen) atoms. The Morgan fingerprint density at radius 2 is 1.87 bits per heavy atom. The smallest absolute Gasteiger partial charge is 0.330 e. The fraction of sp³-hybridized carbons (Fsp3) is 0.167. The van der Waals surface area contributed by atoms with Crippen LogP contribution in [-0.4, -0.2) is 13.5 Å². The van der Waals surface area contributed by atoms with E-state index in [1.807, 2.05) is 42.5 Å². The predicted octanol–water partition coefficient (Wildman–Crippen LogP) is 5.00. The van der Waals surface area contributed by atoms with Crippen LogP contribution in [0.2, 0.25) is 0 Å². The van der Waals surface area contributed by atoms with E-state index >= 15 is 0 Å². The Morgan fingerprint density at radius 1 is 1.03 bits per heavy atom. The molecule has 158 valence electrons. The van der Waals surface area contributed by atoms with Gasteiger partial charge in [0.15, 0.2) is 0 Å². The van der Waals surface area contributed by atoms with Crippen LogP contribution in [0.4, 0.5) is 5.69 Å². The van der Waals surface area contributed by atoms with Crippen molar-refractivity contribution in [2.45, 2.75) is 25.9 Å². The molecule has 1 aliphatic carbocycles. The number of benzene rings is 3. The minimum Gasteiger partial charge on any atom is -0.493 e. The topological polar surface area (TPSA) is 78.9 Å². The molecule has 1 aliphatic heterocycles. The van der Waals surface area contributed by atoms with Crippen molar-refractivity contribution in [3.63, 3.8) is 0 Å². The van der Waals surface area contributed by atoms with Gasteiger partial charge in [-0.05, 0) is 64.9 Å². The molecule has 0 saturated heterocycles. The Morgan fingerprint density at radius 3 is 2.58 bits per heavy atom. The van der Waals surface area contributed by atoms with Crippen LogP contribution in [0.5, 0.6) is 5.75 Å². The van der Waals surface area contributed by atoms with Crippen LogP contribution >= 0.6 is 0 Å². The minimum absolute atomic E-state index is 0.293. The zero-order valence-electron chi connectivity index (χ0n) is 16.8. The number of rotatable bonds is 5. The number of hydrogen-bond acceptors (Lipinski definition) is 4. The molecule has 0 amide bonds. The summed E-state index contributed by atoms with van der Waals surface area (Å²) in [6.07, 6.45) is 6.71. The Bertz CT molecular complexity index is 1310. The maximum Gasteiger partial charge on any atom is 0.330 e. The molecule has 3 aromatic rings. The molecule has 7 heteroatoms. The van der Waals surface area contributed by atoms with Crippen molar-refractivity contribution < 1.29 is 18.3 Å². The maximum atomic E-state index is 12.5. The third-order valence-corrected chi connectivity index (χ3v) is 6.82. The van der Waals surface area contributed by atoms with Gasteiger partial charge in [0.2, 0.25) is 5.88 Å². The second-order valence-electron chi connectivity index (χ2n) is 7.69. The first-order chi connectivity index (χ1) is 15.0. The van der Waals surface area contributed by atoms with E-state index in [1.54, 1.807) is 6.07 Å². The molecule has 2 aliphatic rings. The second kappa shape index (κ2) is 7.67. The van der Waals surface area contributed by atoms with Gasteiger partial charge in [0.1, 0.15) is 18.0 Å². The van der Waals surface area contributed by atoms with Crippen molar-refractivity contribution in [3.8, 4) is 5.75 Å². The highest BCUT2D eigenvalue weighted by molar-refractivity contribution is 7.91. The zero-order valence-corrected chi connectivity index (χ0v) is 17.6. The summed E-state index contributed by atoms with van der Waals surface area (Å²) in [5.74, 6) is -0.0144. The Balaban J connectivity index is 1.60. The van der Waals surface area contributed by atoms with Crippen LogP contribution in [-0.2, 0) is 16.8 Å². The zero-order chi connectivity index (χ0) is 21.4. The highest BCUT2D eigenvalue weighted by atomic mass is 32.2. The van der Waals surface area contributed by atoms with Crippen LogP contribution in [0.25, 0.3) is 16.3 Å². The molecular formula is C24H22N2O4S. The normalized spacial score (nSPS) is 17.4. The molecule has 0 bridgehead atoms. The molecule has 0 unspecified atom stereocenters. The van der Waals surface area contributed by atoms with Gasteiger partial charge in [-0.2, -0.15) is 8.42 Å². The van der Waals surface area contributed by atoms with E-state index in [2.05, 4.69) is 22.9 Å². The van der Waals surface area contributed by atoms with Crippen LogP contribution in [0.15, 0.2) is 78.8 Å².